The van der Waals surface area contributed by atoms with E-state index in [0.717, 1.165) is 25.9 Å². The Morgan fingerprint density at radius 2 is 2.17 bits per heavy atom. The summed E-state index contributed by atoms with van der Waals surface area (Å²) in [5.74, 6) is -1.59. The molecule has 0 aromatic carbocycles. The highest BCUT2D eigenvalue weighted by Crippen LogP contribution is 2.16. The van der Waals surface area contributed by atoms with E-state index in [4.69, 9.17) is 9.84 Å². The van der Waals surface area contributed by atoms with Gasteiger partial charge in [-0.15, -0.1) is 0 Å². The van der Waals surface area contributed by atoms with E-state index in [0.29, 0.717) is 6.42 Å². The van der Waals surface area contributed by atoms with Crippen molar-refractivity contribution >= 4 is 11.9 Å². The quantitative estimate of drug-likeness (QED) is 0.637. The molecule has 3 atom stereocenters. The van der Waals surface area contributed by atoms with Gasteiger partial charge in [0.15, 0.2) is 6.04 Å². The molecule has 1 aliphatic heterocycles. The molecule has 1 unspecified atom stereocenters. The Bertz CT molecular complexity index is 286. The van der Waals surface area contributed by atoms with E-state index in [2.05, 4.69) is 5.32 Å². The second-order valence-electron chi connectivity index (χ2n) is 4.65. The average Bonchev–Trinajstić information content (AvgIpc) is 2.34. The Balaban J connectivity index is 2.29. The minimum absolute atomic E-state index is 0.0966. The molecular formula is C12H21NO5. The first-order chi connectivity index (χ1) is 8.50. The van der Waals surface area contributed by atoms with Gasteiger partial charge in [-0.3, -0.25) is 4.79 Å². The number of rotatable bonds is 6. The van der Waals surface area contributed by atoms with Crippen LogP contribution in [0.25, 0.3) is 0 Å². The Morgan fingerprint density at radius 1 is 1.44 bits per heavy atom. The van der Waals surface area contributed by atoms with Crippen molar-refractivity contribution in [3.8, 4) is 0 Å². The lowest BCUT2D eigenvalue weighted by molar-refractivity contribution is -0.144. The van der Waals surface area contributed by atoms with Crippen LogP contribution < -0.4 is 5.32 Å². The van der Waals surface area contributed by atoms with E-state index in [1.54, 1.807) is 0 Å². The predicted octanol–water partition coefficient (Wildman–Crippen LogP) is 0.286. The van der Waals surface area contributed by atoms with Crippen LogP contribution in [-0.4, -0.2) is 46.9 Å². The molecule has 0 aromatic heterocycles. The van der Waals surface area contributed by atoms with Crippen LogP contribution >= 0.6 is 0 Å². The smallest absolute Gasteiger partial charge is 0.328 e. The maximum Gasteiger partial charge on any atom is 0.328 e. The van der Waals surface area contributed by atoms with Crippen LogP contribution in [-0.2, 0) is 14.3 Å². The summed E-state index contributed by atoms with van der Waals surface area (Å²) >= 11 is 0. The first-order valence-corrected chi connectivity index (χ1v) is 6.32. The molecule has 1 aliphatic rings. The van der Waals surface area contributed by atoms with Crippen LogP contribution in [0.15, 0.2) is 0 Å². The van der Waals surface area contributed by atoms with Crippen molar-refractivity contribution in [1.82, 2.24) is 5.32 Å². The molecule has 0 aromatic rings. The summed E-state index contributed by atoms with van der Waals surface area (Å²) in [5.41, 5.74) is 0. The molecule has 18 heavy (non-hydrogen) atoms. The van der Waals surface area contributed by atoms with Crippen molar-refractivity contribution in [2.45, 2.75) is 57.3 Å². The Labute approximate surface area is 106 Å². The third kappa shape index (κ3) is 5.01. The van der Waals surface area contributed by atoms with Crippen LogP contribution in [0.3, 0.4) is 0 Å². The van der Waals surface area contributed by atoms with Crippen LogP contribution in [0.5, 0.6) is 0 Å². The Kier molecular flexibility index (Phi) is 6.07. The minimum atomic E-state index is -1.25. The maximum absolute atomic E-state index is 11.6. The van der Waals surface area contributed by atoms with E-state index < -0.39 is 18.1 Å². The van der Waals surface area contributed by atoms with Gasteiger partial charge in [-0.05, 0) is 32.6 Å². The van der Waals surface area contributed by atoms with E-state index in [9.17, 15) is 14.7 Å². The van der Waals surface area contributed by atoms with E-state index >= 15 is 0 Å². The molecule has 0 bridgehead atoms. The normalized spacial score (nSPS) is 23.1. The number of carboxylic acid groups (broad SMARTS) is 1. The lowest BCUT2D eigenvalue weighted by Gasteiger charge is -2.23. The number of hydrogen-bond donors (Lipinski definition) is 3. The molecule has 0 aliphatic carbocycles. The monoisotopic (exact) mass is 259 g/mol. The standard InChI is InChI=1S/C12H21NO5/c1-8(14)11(12(16)17)13-10(15)6-5-9-4-2-3-7-18-9/h8-9,11,14H,2-7H2,1H3,(H,13,15)(H,16,17)/t8-,9?,11+/m1/s1. The van der Waals surface area contributed by atoms with Gasteiger partial charge in [-0.25, -0.2) is 4.79 Å². The van der Waals surface area contributed by atoms with Crippen molar-refractivity contribution in [3.05, 3.63) is 0 Å². The van der Waals surface area contributed by atoms with Crippen molar-refractivity contribution in [3.63, 3.8) is 0 Å². The third-order valence-corrected chi connectivity index (χ3v) is 3.03. The molecule has 1 amide bonds. The Hall–Kier alpha value is -1.14. The molecule has 6 heteroatoms. The highest BCUT2D eigenvalue weighted by molar-refractivity contribution is 5.83. The zero-order valence-corrected chi connectivity index (χ0v) is 10.6. The topological polar surface area (TPSA) is 95.9 Å². The number of carboxylic acids is 1. The second kappa shape index (κ2) is 7.33. The number of nitrogens with one attached hydrogen (secondary N) is 1. The maximum atomic E-state index is 11.6. The van der Waals surface area contributed by atoms with Crippen LogP contribution in [0.4, 0.5) is 0 Å². The van der Waals surface area contributed by atoms with Crippen molar-refractivity contribution in [2.75, 3.05) is 6.61 Å². The molecule has 104 valence electrons. The first-order valence-electron chi connectivity index (χ1n) is 6.32. The first kappa shape index (κ1) is 14.9. The number of carbonyl (C=O) groups excluding carboxylic acids is 1. The SMILES string of the molecule is C[C@@H](O)[C@H](NC(=O)CCC1CCCCO1)C(=O)O. The van der Waals surface area contributed by atoms with E-state index in [-0.39, 0.29) is 18.4 Å². The molecule has 1 rings (SSSR count). The van der Waals surface area contributed by atoms with Crippen LogP contribution in [0.1, 0.15) is 39.0 Å². The fraction of sp³-hybridized carbons (Fsp3) is 0.833. The molecule has 1 heterocycles. The molecule has 0 saturated carbocycles. The number of aliphatic hydroxyl groups is 1. The van der Waals surface area contributed by atoms with Gasteiger partial charge in [-0.1, -0.05) is 0 Å². The van der Waals surface area contributed by atoms with E-state index in [1.165, 1.54) is 6.92 Å². The van der Waals surface area contributed by atoms with Gasteiger partial charge in [0.2, 0.25) is 5.91 Å². The number of aliphatic hydroxyl groups excluding tert-OH is 1. The number of aliphatic carboxylic acids is 1. The second-order valence-corrected chi connectivity index (χ2v) is 4.65. The highest BCUT2D eigenvalue weighted by Gasteiger charge is 2.25. The summed E-state index contributed by atoms with van der Waals surface area (Å²) < 4.78 is 5.48. The van der Waals surface area contributed by atoms with Gasteiger partial charge in [0.1, 0.15) is 0 Å². The molecule has 3 N–H and O–H groups in total. The summed E-state index contributed by atoms with van der Waals surface area (Å²) in [5, 5.41) is 20.3. The minimum Gasteiger partial charge on any atom is -0.480 e. The zero-order chi connectivity index (χ0) is 13.5. The largest absolute Gasteiger partial charge is 0.480 e. The number of ether oxygens (including phenoxy) is 1. The van der Waals surface area contributed by atoms with Gasteiger partial charge < -0.3 is 20.3 Å². The highest BCUT2D eigenvalue weighted by atomic mass is 16.5. The number of amides is 1. The van der Waals surface area contributed by atoms with Crippen LogP contribution in [0, 0.1) is 0 Å². The summed E-state index contributed by atoms with van der Waals surface area (Å²) in [7, 11) is 0. The summed E-state index contributed by atoms with van der Waals surface area (Å²) in [6.07, 6.45) is 2.92. The fourth-order valence-corrected chi connectivity index (χ4v) is 1.96. The molecule has 1 fully saturated rings. The van der Waals surface area contributed by atoms with Gasteiger partial charge in [-0.2, -0.15) is 0 Å². The van der Waals surface area contributed by atoms with Gasteiger partial charge in [0.25, 0.3) is 0 Å². The lowest BCUT2D eigenvalue weighted by Crippen LogP contribution is -2.47. The number of carbonyl (C=O) groups is 2. The summed E-state index contributed by atoms with van der Waals surface area (Å²) in [6.45, 7) is 2.07. The van der Waals surface area contributed by atoms with E-state index in [1.807, 2.05) is 0 Å². The molecular weight excluding hydrogens is 238 g/mol. The predicted molar refractivity (Wildman–Crippen MR) is 64.1 cm³/mol. The van der Waals surface area contributed by atoms with Gasteiger partial charge >= 0.3 is 5.97 Å². The van der Waals surface area contributed by atoms with Crippen LogP contribution in [0.2, 0.25) is 0 Å². The Morgan fingerprint density at radius 3 is 2.67 bits per heavy atom. The number of hydrogen-bond acceptors (Lipinski definition) is 4. The van der Waals surface area contributed by atoms with Crippen molar-refractivity contribution < 1.29 is 24.5 Å². The van der Waals surface area contributed by atoms with Crippen molar-refractivity contribution in [1.29, 1.82) is 0 Å². The molecule has 0 spiro atoms. The third-order valence-electron chi connectivity index (χ3n) is 3.03. The fourth-order valence-electron chi connectivity index (χ4n) is 1.96. The molecule has 0 radical (unpaired) electrons. The lowest BCUT2D eigenvalue weighted by atomic mass is 10.0. The molecule has 1 saturated heterocycles. The van der Waals surface area contributed by atoms with Crippen molar-refractivity contribution in [2.24, 2.45) is 0 Å². The summed E-state index contributed by atoms with van der Waals surface area (Å²) in [4.78, 5) is 22.3. The van der Waals surface area contributed by atoms with Gasteiger partial charge in [0.05, 0.1) is 12.2 Å². The summed E-state index contributed by atoms with van der Waals surface area (Å²) in [6, 6.07) is -1.25. The average molecular weight is 259 g/mol. The molecule has 6 nitrogen and oxygen atoms in total. The van der Waals surface area contributed by atoms with Gasteiger partial charge in [0, 0.05) is 13.0 Å². The zero-order valence-electron chi connectivity index (χ0n) is 10.6.